The van der Waals surface area contributed by atoms with Gasteiger partial charge in [0, 0.05) is 29.3 Å². The van der Waals surface area contributed by atoms with Crippen LogP contribution >= 0.6 is 27.5 Å². The number of halogens is 4. The molecule has 0 N–H and O–H groups in total. The summed E-state index contributed by atoms with van der Waals surface area (Å²) in [5.41, 5.74) is 0.515. The number of rotatable bonds is 3. The molecule has 1 aromatic carbocycles. The van der Waals surface area contributed by atoms with Gasteiger partial charge < -0.3 is 0 Å². The number of carbonyl (C=O) groups is 1. The van der Waals surface area contributed by atoms with Gasteiger partial charge in [0.15, 0.2) is 5.78 Å². The van der Waals surface area contributed by atoms with Crippen LogP contribution in [0.3, 0.4) is 0 Å². The van der Waals surface area contributed by atoms with Crippen molar-refractivity contribution in [3.05, 3.63) is 33.3 Å². The lowest BCUT2D eigenvalue weighted by atomic mass is 9.97. The molecule has 1 saturated carbocycles. The molecule has 0 aromatic heterocycles. The minimum Gasteiger partial charge on any atom is -0.294 e. The van der Waals surface area contributed by atoms with Crippen LogP contribution in [0, 0.1) is 5.92 Å². The maximum atomic E-state index is 13.0. The lowest BCUT2D eigenvalue weighted by Gasteiger charge is -2.10. The van der Waals surface area contributed by atoms with E-state index in [1.807, 2.05) is 0 Å². The van der Waals surface area contributed by atoms with E-state index in [-0.39, 0.29) is 31.0 Å². The fourth-order valence-electron chi connectivity index (χ4n) is 2.27. The summed E-state index contributed by atoms with van der Waals surface area (Å²) in [6, 6.07) is 4.89. The molecule has 98 valence electrons. The fourth-order valence-corrected chi connectivity index (χ4v) is 2.76. The highest BCUT2D eigenvalue weighted by Crippen LogP contribution is 2.40. The van der Waals surface area contributed by atoms with Crippen molar-refractivity contribution in [3.63, 3.8) is 0 Å². The highest BCUT2D eigenvalue weighted by atomic mass is 79.9. The monoisotopic (exact) mass is 336 g/mol. The highest BCUT2D eigenvalue weighted by Gasteiger charge is 2.39. The lowest BCUT2D eigenvalue weighted by molar-refractivity contribution is 0.00497. The average Bonchev–Trinajstić information content (AvgIpc) is 2.62. The number of alkyl halides is 2. The van der Waals surface area contributed by atoms with E-state index in [1.54, 1.807) is 18.2 Å². The molecule has 5 heteroatoms. The molecular weight excluding hydrogens is 325 g/mol. The molecule has 1 aromatic rings. The summed E-state index contributed by atoms with van der Waals surface area (Å²) in [6.45, 7) is 0. The number of ketones is 1. The second-order valence-corrected chi connectivity index (χ2v) is 5.98. The molecule has 1 fully saturated rings. The average molecular weight is 338 g/mol. The maximum Gasteiger partial charge on any atom is 0.248 e. The smallest absolute Gasteiger partial charge is 0.248 e. The van der Waals surface area contributed by atoms with E-state index in [1.165, 1.54) is 0 Å². The molecule has 1 atom stereocenters. The predicted molar refractivity (Wildman–Crippen MR) is 70.4 cm³/mol. The first-order valence-electron chi connectivity index (χ1n) is 5.73. The summed E-state index contributed by atoms with van der Waals surface area (Å²) >= 11 is 9.08. The molecule has 2 rings (SSSR count). The Morgan fingerprint density at radius 2 is 2.22 bits per heavy atom. The van der Waals surface area contributed by atoms with E-state index in [9.17, 15) is 13.6 Å². The van der Waals surface area contributed by atoms with Gasteiger partial charge in [0.2, 0.25) is 5.92 Å². The van der Waals surface area contributed by atoms with Gasteiger partial charge in [-0.1, -0.05) is 11.6 Å². The number of hydrogen-bond donors (Lipinski definition) is 0. The van der Waals surface area contributed by atoms with Crippen LogP contribution in [0.15, 0.2) is 22.7 Å². The Morgan fingerprint density at radius 3 is 2.78 bits per heavy atom. The van der Waals surface area contributed by atoms with E-state index in [2.05, 4.69) is 15.9 Å². The number of benzene rings is 1. The molecule has 18 heavy (non-hydrogen) atoms. The van der Waals surface area contributed by atoms with Crippen LogP contribution in [-0.4, -0.2) is 11.7 Å². The Balaban J connectivity index is 2.02. The Labute approximate surface area is 118 Å². The van der Waals surface area contributed by atoms with E-state index in [4.69, 9.17) is 11.6 Å². The molecular formula is C13H12BrClF2O. The van der Waals surface area contributed by atoms with Gasteiger partial charge in [-0.25, -0.2) is 8.78 Å². The van der Waals surface area contributed by atoms with E-state index >= 15 is 0 Å². The molecule has 0 amide bonds. The quantitative estimate of drug-likeness (QED) is 0.700. The third-order valence-electron chi connectivity index (χ3n) is 3.22. The van der Waals surface area contributed by atoms with Crippen molar-refractivity contribution in [1.29, 1.82) is 0 Å². The zero-order chi connectivity index (χ0) is 13.3. The minimum atomic E-state index is -2.59. The number of Topliss-reactive ketones (excluding diaryl/α,β-unsaturated/α-hetero) is 1. The summed E-state index contributed by atoms with van der Waals surface area (Å²) < 4.78 is 26.7. The van der Waals surface area contributed by atoms with Crippen LogP contribution in [-0.2, 0) is 0 Å². The lowest BCUT2D eigenvalue weighted by Crippen LogP contribution is -2.12. The van der Waals surface area contributed by atoms with Gasteiger partial charge in [-0.15, -0.1) is 0 Å². The van der Waals surface area contributed by atoms with Gasteiger partial charge in [0.05, 0.1) is 5.02 Å². The fraction of sp³-hybridized carbons (Fsp3) is 0.462. The van der Waals surface area contributed by atoms with Crippen LogP contribution in [0.1, 0.15) is 36.0 Å². The maximum absolute atomic E-state index is 13.0. The molecule has 0 spiro atoms. The summed E-state index contributed by atoms with van der Waals surface area (Å²) in [5.74, 6) is -2.90. The van der Waals surface area contributed by atoms with Gasteiger partial charge in [-0.05, 0) is 46.5 Å². The van der Waals surface area contributed by atoms with Crippen molar-refractivity contribution >= 4 is 33.3 Å². The first kappa shape index (κ1) is 13.9. The van der Waals surface area contributed by atoms with Gasteiger partial charge in [-0.3, -0.25) is 4.79 Å². The predicted octanol–water partition coefficient (Wildman–Crippen LogP) is 5.11. The highest BCUT2D eigenvalue weighted by molar-refractivity contribution is 9.10. The summed E-state index contributed by atoms with van der Waals surface area (Å²) in [7, 11) is 0. The number of hydrogen-bond acceptors (Lipinski definition) is 1. The molecule has 1 aliphatic rings. The summed E-state index contributed by atoms with van der Waals surface area (Å²) in [5, 5.41) is 0.527. The van der Waals surface area contributed by atoms with Gasteiger partial charge in [-0.2, -0.15) is 0 Å². The molecule has 1 unspecified atom stereocenters. The van der Waals surface area contributed by atoms with Crippen molar-refractivity contribution < 1.29 is 13.6 Å². The normalized spacial score (nSPS) is 22.1. The Morgan fingerprint density at radius 1 is 1.50 bits per heavy atom. The molecule has 0 saturated heterocycles. The molecule has 1 nitrogen and oxygen atoms in total. The third-order valence-corrected chi connectivity index (χ3v) is 4.44. The van der Waals surface area contributed by atoms with E-state index < -0.39 is 5.92 Å². The van der Waals surface area contributed by atoms with Gasteiger partial charge in [0.1, 0.15) is 0 Å². The minimum absolute atomic E-state index is 0.102. The summed E-state index contributed by atoms with van der Waals surface area (Å²) in [6.07, 6.45) is 0.333. The van der Waals surface area contributed by atoms with E-state index in [0.717, 1.165) is 0 Å². The van der Waals surface area contributed by atoms with Crippen LogP contribution in [0.4, 0.5) is 8.78 Å². The zero-order valence-electron chi connectivity index (χ0n) is 9.56. The van der Waals surface area contributed by atoms with Crippen LogP contribution < -0.4 is 0 Å². The topological polar surface area (TPSA) is 17.1 Å². The van der Waals surface area contributed by atoms with Crippen molar-refractivity contribution in [2.24, 2.45) is 5.92 Å². The Hall–Kier alpha value is -0.480. The molecule has 0 radical (unpaired) electrons. The SMILES string of the molecule is O=C(CC1CCC(F)(F)C1)c1ccc(Cl)c(Br)c1. The van der Waals surface area contributed by atoms with Gasteiger partial charge >= 0.3 is 0 Å². The second kappa shape index (κ2) is 5.25. The van der Waals surface area contributed by atoms with Gasteiger partial charge in [0.25, 0.3) is 0 Å². The first-order valence-corrected chi connectivity index (χ1v) is 6.90. The molecule has 0 heterocycles. The van der Waals surface area contributed by atoms with Crippen molar-refractivity contribution in [2.45, 2.75) is 31.6 Å². The largest absolute Gasteiger partial charge is 0.294 e. The van der Waals surface area contributed by atoms with Crippen molar-refractivity contribution in [3.8, 4) is 0 Å². The standard InChI is InChI=1S/C13H12BrClF2O/c14-10-6-9(1-2-11(10)15)12(18)5-8-3-4-13(16,17)7-8/h1-2,6,8H,3-5,7H2. The Kier molecular flexibility index (Phi) is 4.07. The molecule has 1 aliphatic carbocycles. The van der Waals surface area contributed by atoms with E-state index in [0.29, 0.717) is 21.5 Å². The number of carbonyl (C=O) groups excluding carboxylic acids is 1. The third kappa shape index (κ3) is 3.29. The Bertz CT molecular complexity index is 476. The van der Waals surface area contributed by atoms with Crippen LogP contribution in [0.25, 0.3) is 0 Å². The second-order valence-electron chi connectivity index (χ2n) is 4.72. The molecule has 0 aliphatic heterocycles. The van der Waals surface area contributed by atoms with Crippen LogP contribution in [0.5, 0.6) is 0 Å². The summed E-state index contributed by atoms with van der Waals surface area (Å²) in [4.78, 5) is 12.0. The van der Waals surface area contributed by atoms with Crippen molar-refractivity contribution in [2.75, 3.05) is 0 Å². The zero-order valence-corrected chi connectivity index (χ0v) is 11.9. The van der Waals surface area contributed by atoms with Crippen LogP contribution in [0.2, 0.25) is 5.02 Å². The first-order chi connectivity index (χ1) is 8.37. The van der Waals surface area contributed by atoms with Crippen molar-refractivity contribution in [1.82, 2.24) is 0 Å². The molecule has 0 bridgehead atoms.